The lowest BCUT2D eigenvalue weighted by atomic mass is 10.1. The first-order valence-electron chi connectivity index (χ1n) is 9.25. The van der Waals surface area contributed by atoms with Crippen LogP contribution in [0.2, 0.25) is 5.02 Å². The van der Waals surface area contributed by atoms with Crippen LogP contribution in [0.15, 0.2) is 70.4 Å². The molecule has 0 aliphatic carbocycles. The Balaban J connectivity index is 1.48. The molecular formula is C21H18ClN3O5S. The molecule has 4 aromatic rings. The van der Waals surface area contributed by atoms with Gasteiger partial charge in [-0.15, -0.1) is 0 Å². The zero-order valence-electron chi connectivity index (χ0n) is 16.4. The van der Waals surface area contributed by atoms with E-state index in [1.807, 2.05) is 0 Å². The number of ether oxygens (including phenoxy) is 1. The number of esters is 1. The number of carbonyl (C=O) groups excluding carboxylic acids is 1. The minimum Gasteiger partial charge on any atom is -0.468 e. The monoisotopic (exact) mass is 459 g/mol. The van der Waals surface area contributed by atoms with Gasteiger partial charge in [0, 0.05) is 12.4 Å². The van der Waals surface area contributed by atoms with E-state index in [1.165, 1.54) is 18.4 Å². The Morgan fingerprint density at radius 3 is 2.84 bits per heavy atom. The summed E-state index contributed by atoms with van der Waals surface area (Å²) < 4.78 is 39.9. The second kappa shape index (κ2) is 8.54. The molecule has 0 aliphatic heterocycles. The van der Waals surface area contributed by atoms with E-state index >= 15 is 0 Å². The van der Waals surface area contributed by atoms with Crippen molar-refractivity contribution in [1.29, 1.82) is 0 Å². The summed E-state index contributed by atoms with van der Waals surface area (Å²) in [6.07, 6.45) is 4.87. The number of benzene rings is 1. The molecule has 10 heteroatoms. The molecule has 0 bridgehead atoms. The maximum atomic E-state index is 12.6. The zero-order valence-corrected chi connectivity index (χ0v) is 18.0. The highest BCUT2D eigenvalue weighted by Crippen LogP contribution is 2.18. The molecule has 1 aromatic carbocycles. The molecule has 31 heavy (non-hydrogen) atoms. The molecule has 0 atom stereocenters. The minimum absolute atomic E-state index is 0.000884. The number of halogens is 1. The molecule has 0 saturated carbocycles. The Bertz CT molecular complexity index is 1350. The van der Waals surface area contributed by atoms with Crippen molar-refractivity contribution < 1.29 is 22.4 Å². The fraction of sp³-hybridized carbons (Fsp3) is 0.143. The van der Waals surface area contributed by atoms with Gasteiger partial charge in [0.05, 0.1) is 34.0 Å². The highest BCUT2D eigenvalue weighted by Gasteiger charge is 2.19. The molecule has 3 aromatic heterocycles. The highest BCUT2D eigenvalue weighted by atomic mass is 35.5. The summed E-state index contributed by atoms with van der Waals surface area (Å²) >= 11 is 5.96. The molecule has 0 saturated heterocycles. The molecule has 0 radical (unpaired) electrons. The number of rotatable bonds is 7. The summed E-state index contributed by atoms with van der Waals surface area (Å²) in [7, 11) is -3.84. The third-order valence-corrected chi connectivity index (χ3v) is 6.19. The van der Waals surface area contributed by atoms with E-state index in [1.54, 1.807) is 54.0 Å². The van der Waals surface area contributed by atoms with E-state index in [4.69, 9.17) is 20.8 Å². The van der Waals surface area contributed by atoms with Crippen molar-refractivity contribution >= 4 is 33.2 Å². The molecule has 160 valence electrons. The number of furan rings is 1. The van der Waals surface area contributed by atoms with Crippen LogP contribution in [0.1, 0.15) is 27.4 Å². The topological polar surface area (TPSA) is 103 Å². The Labute approximate surface area is 183 Å². The number of carbonyl (C=O) groups is 1. The predicted molar refractivity (Wildman–Crippen MR) is 113 cm³/mol. The standard InChI is InChI=1S/C21H18ClN3O5S/c1-14-4-6-18(31(27,28)23-10-17-3-2-8-29-17)9-19(14)21(26)30-13-16-12-25-11-15(22)5-7-20(25)24-16/h2-9,11-12,23H,10,13H2,1H3. The van der Waals surface area contributed by atoms with Crippen LogP contribution in [0.3, 0.4) is 0 Å². The number of hydrogen-bond donors (Lipinski definition) is 1. The van der Waals surface area contributed by atoms with Crippen molar-refractivity contribution in [2.45, 2.75) is 25.0 Å². The second-order valence-corrected chi connectivity index (χ2v) is 9.01. The summed E-state index contributed by atoms with van der Waals surface area (Å²) in [5.41, 5.74) is 1.96. The lowest BCUT2D eigenvalue weighted by Crippen LogP contribution is -2.23. The van der Waals surface area contributed by atoms with Gasteiger partial charge in [-0.25, -0.2) is 22.9 Å². The fourth-order valence-electron chi connectivity index (χ4n) is 2.95. The second-order valence-electron chi connectivity index (χ2n) is 6.80. The molecule has 0 spiro atoms. The third kappa shape index (κ3) is 4.79. The first-order valence-corrected chi connectivity index (χ1v) is 11.1. The summed E-state index contributed by atoms with van der Waals surface area (Å²) in [6, 6.07) is 11.1. The normalized spacial score (nSPS) is 11.7. The van der Waals surface area contributed by atoms with Gasteiger partial charge in [-0.1, -0.05) is 17.7 Å². The van der Waals surface area contributed by atoms with Crippen molar-refractivity contribution in [1.82, 2.24) is 14.1 Å². The Hall–Kier alpha value is -3.14. The Morgan fingerprint density at radius 2 is 2.06 bits per heavy atom. The molecular weight excluding hydrogens is 442 g/mol. The van der Waals surface area contributed by atoms with Crippen molar-refractivity contribution in [3.63, 3.8) is 0 Å². The van der Waals surface area contributed by atoms with E-state index in [9.17, 15) is 13.2 Å². The van der Waals surface area contributed by atoms with Crippen LogP contribution in [0.4, 0.5) is 0 Å². The van der Waals surface area contributed by atoms with Crippen LogP contribution in [0.25, 0.3) is 5.65 Å². The van der Waals surface area contributed by atoms with E-state index in [0.29, 0.717) is 27.7 Å². The van der Waals surface area contributed by atoms with Crippen molar-refractivity contribution in [2.75, 3.05) is 0 Å². The maximum absolute atomic E-state index is 12.6. The summed E-state index contributed by atoms with van der Waals surface area (Å²) in [5.74, 6) is -0.167. The van der Waals surface area contributed by atoms with E-state index in [-0.39, 0.29) is 23.6 Å². The molecule has 4 rings (SSSR count). The predicted octanol–water partition coefficient (Wildman–Crippen LogP) is 3.72. The number of pyridine rings is 1. The first kappa shape index (κ1) is 21.1. The van der Waals surface area contributed by atoms with Gasteiger partial charge in [-0.05, 0) is 48.9 Å². The number of nitrogens with zero attached hydrogens (tertiary/aromatic N) is 2. The van der Waals surface area contributed by atoms with Crippen LogP contribution in [0, 0.1) is 6.92 Å². The molecule has 8 nitrogen and oxygen atoms in total. The van der Waals surface area contributed by atoms with Gasteiger partial charge in [-0.3, -0.25) is 0 Å². The first-order chi connectivity index (χ1) is 14.8. The van der Waals surface area contributed by atoms with E-state index < -0.39 is 16.0 Å². The van der Waals surface area contributed by atoms with Crippen LogP contribution >= 0.6 is 11.6 Å². The number of sulfonamides is 1. The summed E-state index contributed by atoms with van der Waals surface area (Å²) in [6.45, 7) is 1.64. The number of aryl methyl sites for hydroxylation is 1. The molecule has 0 aliphatic rings. The molecule has 0 fully saturated rings. The SMILES string of the molecule is Cc1ccc(S(=O)(=O)NCc2ccco2)cc1C(=O)OCc1cn2cc(Cl)ccc2n1. The van der Waals surface area contributed by atoms with Crippen molar-refractivity contribution in [3.05, 3.63) is 88.7 Å². The lowest BCUT2D eigenvalue weighted by molar-refractivity contribution is 0.0467. The smallest absolute Gasteiger partial charge is 0.338 e. The quantitative estimate of drug-likeness (QED) is 0.422. The zero-order chi connectivity index (χ0) is 22.0. The number of nitrogens with one attached hydrogen (secondary N) is 1. The summed E-state index contributed by atoms with van der Waals surface area (Å²) in [5, 5.41) is 0.558. The van der Waals surface area contributed by atoms with E-state index in [2.05, 4.69) is 9.71 Å². The van der Waals surface area contributed by atoms with Gasteiger partial charge >= 0.3 is 5.97 Å². The lowest BCUT2D eigenvalue weighted by Gasteiger charge is -2.10. The largest absolute Gasteiger partial charge is 0.468 e. The van der Waals surface area contributed by atoms with Gasteiger partial charge in [0.15, 0.2) is 0 Å². The van der Waals surface area contributed by atoms with Gasteiger partial charge < -0.3 is 13.6 Å². The van der Waals surface area contributed by atoms with Crippen molar-refractivity contribution in [2.24, 2.45) is 0 Å². The van der Waals surface area contributed by atoms with Crippen LogP contribution in [-0.2, 0) is 27.9 Å². The Morgan fingerprint density at radius 1 is 1.23 bits per heavy atom. The highest BCUT2D eigenvalue weighted by molar-refractivity contribution is 7.89. The van der Waals surface area contributed by atoms with Crippen LogP contribution < -0.4 is 4.72 Å². The minimum atomic E-state index is -3.84. The van der Waals surface area contributed by atoms with Crippen LogP contribution in [-0.4, -0.2) is 23.8 Å². The van der Waals surface area contributed by atoms with Gasteiger partial charge in [0.1, 0.15) is 18.0 Å². The van der Waals surface area contributed by atoms with Crippen LogP contribution in [0.5, 0.6) is 0 Å². The number of imidazole rings is 1. The van der Waals surface area contributed by atoms with Gasteiger partial charge in [-0.2, -0.15) is 0 Å². The Kier molecular flexibility index (Phi) is 5.81. The molecule has 1 N–H and O–H groups in total. The average Bonchev–Trinajstić information content (AvgIpc) is 3.40. The number of hydrogen-bond acceptors (Lipinski definition) is 6. The summed E-state index contributed by atoms with van der Waals surface area (Å²) in [4.78, 5) is 16.9. The third-order valence-electron chi connectivity index (χ3n) is 4.57. The van der Waals surface area contributed by atoms with E-state index in [0.717, 1.165) is 0 Å². The molecule has 0 unspecified atom stereocenters. The fourth-order valence-corrected chi connectivity index (χ4v) is 4.14. The average molecular weight is 460 g/mol. The maximum Gasteiger partial charge on any atom is 0.338 e. The number of aromatic nitrogens is 2. The van der Waals surface area contributed by atoms with Gasteiger partial charge in [0.25, 0.3) is 0 Å². The van der Waals surface area contributed by atoms with Crippen molar-refractivity contribution in [3.8, 4) is 0 Å². The molecule has 0 amide bonds. The molecule has 3 heterocycles. The number of fused-ring (bicyclic) bond motifs is 1. The van der Waals surface area contributed by atoms with Gasteiger partial charge in [0.2, 0.25) is 10.0 Å².